The first kappa shape index (κ1) is 8.25. The van der Waals surface area contributed by atoms with Crippen LogP contribution in [0.4, 0.5) is 0 Å². The molecule has 11 heavy (non-hydrogen) atoms. The molecule has 0 radical (unpaired) electrons. The van der Waals surface area contributed by atoms with Crippen LogP contribution in [0.3, 0.4) is 0 Å². The van der Waals surface area contributed by atoms with Crippen LogP contribution < -0.4 is 4.46 Å². The Morgan fingerprint density at radius 3 is 2.55 bits per heavy atom. The van der Waals surface area contributed by atoms with E-state index in [4.69, 9.17) is 0 Å². The number of hydrogen-bond donors (Lipinski definition) is 0. The Morgan fingerprint density at radius 1 is 1.18 bits per heavy atom. The van der Waals surface area contributed by atoms with Crippen LogP contribution in [0.25, 0.3) is 0 Å². The molecule has 0 aromatic heterocycles. The Balaban J connectivity index is 2.51. The average molecular weight is 211 g/mol. The number of benzene rings is 1. The zero-order valence-corrected chi connectivity index (χ0v) is 7.65. The molecule has 1 nitrogen and oxygen atoms in total. The Labute approximate surface area is 72.3 Å². The van der Waals surface area contributed by atoms with Gasteiger partial charge in [-0.05, 0) is 0 Å². The van der Waals surface area contributed by atoms with Crippen LogP contribution in [0.5, 0.6) is 0 Å². The molecule has 56 valence electrons. The zero-order chi connectivity index (χ0) is 7.94. The van der Waals surface area contributed by atoms with Gasteiger partial charge < -0.3 is 0 Å². The zero-order valence-electron chi connectivity index (χ0n) is 5.94. The topological polar surface area (TPSA) is 17.1 Å². The second kappa shape index (κ2) is 4.89. The first-order chi connectivity index (χ1) is 5.43. The van der Waals surface area contributed by atoms with E-state index < -0.39 is 0 Å². The van der Waals surface area contributed by atoms with Crippen molar-refractivity contribution in [2.24, 2.45) is 0 Å². The summed E-state index contributed by atoms with van der Waals surface area (Å²) >= 11 is 0.308. The SMILES string of the molecule is O=C/C=C/[Se]c1ccccc1. The molecule has 0 aliphatic heterocycles. The van der Waals surface area contributed by atoms with Crippen molar-refractivity contribution in [2.45, 2.75) is 0 Å². The van der Waals surface area contributed by atoms with Gasteiger partial charge in [0.15, 0.2) is 0 Å². The summed E-state index contributed by atoms with van der Waals surface area (Å²) in [5, 5.41) is 0. The monoisotopic (exact) mass is 212 g/mol. The van der Waals surface area contributed by atoms with Crippen LogP contribution in [0, 0.1) is 0 Å². The van der Waals surface area contributed by atoms with Gasteiger partial charge in [0.05, 0.1) is 0 Å². The molecule has 0 fully saturated rings. The van der Waals surface area contributed by atoms with E-state index in [1.165, 1.54) is 4.46 Å². The number of allylic oxidation sites excluding steroid dienone is 1. The number of rotatable bonds is 3. The predicted molar refractivity (Wildman–Crippen MR) is 47.0 cm³/mol. The molecular formula is C9H8OSe. The van der Waals surface area contributed by atoms with E-state index in [0.717, 1.165) is 6.29 Å². The summed E-state index contributed by atoms with van der Waals surface area (Å²) in [4.78, 5) is 11.8. The van der Waals surface area contributed by atoms with E-state index in [0.29, 0.717) is 15.0 Å². The van der Waals surface area contributed by atoms with Crippen molar-refractivity contribution in [2.75, 3.05) is 0 Å². The fourth-order valence-corrected chi connectivity index (χ4v) is 1.94. The van der Waals surface area contributed by atoms with Crippen molar-refractivity contribution in [1.29, 1.82) is 0 Å². The van der Waals surface area contributed by atoms with Crippen LogP contribution >= 0.6 is 0 Å². The summed E-state index contributed by atoms with van der Waals surface area (Å²) in [6.07, 6.45) is 2.36. The summed E-state index contributed by atoms with van der Waals surface area (Å²) < 4.78 is 1.29. The molecule has 1 aromatic rings. The molecular weight excluding hydrogens is 203 g/mol. The van der Waals surface area contributed by atoms with Crippen LogP contribution in [0.15, 0.2) is 41.4 Å². The molecule has 0 aliphatic rings. The van der Waals surface area contributed by atoms with E-state index in [-0.39, 0.29) is 0 Å². The van der Waals surface area contributed by atoms with Crippen LogP contribution in [0.2, 0.25) is 0 Å². The molecule has 0 bridgehead atoms. The van der Waals surface area contributed by atoms with Gasteiger partial charge in [0.1, 0.15) is 0 Å². The van der Waals surface area contributed by atoms with Crippen LogP contribution in [-0.4, -0.2) is 21.2 Å². The van der Waals surface area contributed by atoms with Gasteiger partial charge in [0.2, 0.25) is 0 Å². The van der Waals surface area contributed by atoms with Crippen molar-refractivity contribution >= 4 is 25.7 Å². The molecule has 2 heteroatoms. The molecule has 0 heterocycles. The Morgan fingerprint density at radius 2 is 1.91 bits per heavy atom. The van der Waals surface area contributed by atoms with E-state index in [9.17, 15) is 4.79 Å². The summed E-state index contributed by atoms with van der Waals surface area (Å²) in [7, 11) is 0. The number of carbonyl (C=O) groups excluding carboxylic acids is 1. The second-order valence-corrected chi connectivity index (χ2v) is 3.95. The van der Waals surface area contributed by atoms with E-state index in [1.54, 1.807) is 6.08 Å². The molecule has 0 N–H and O–H groups in total. The van der Waals surface area contributed by atoms with Gasteiger partial charge in [-0.15, -0.1) is 0 Å². The molecule has 1 rings (SSSR count). The van der Waals surface area contributed by atoms with Crippen LogP contribution in [0.1, 0.15) is 0 Å². The summed E-state index contributed by atoms with van der Waals surface area (Å²) in [5.74, 6) is 0. The van der Waals surface area contributed by atoms with Gasteiger partial charge in [0, 0.05) is 0 Å². The van der Waals surface area contributed by atoms with Gasteiger partial charge >= 0.3 is 71.9 Å². The van der Waals surface area contributed by atoms with Crippen molar-refractivity contribution in [1.82, 2.24) is 0 Å². The number of hydrogen-bond acceptors (Lipinski definition) is 1. The molecule has 0 spiro atoms. The standard InChI is InChI=1S/C9H8OSe/c10-7-4-8-11-9-5-2-1-3-6-9/h1-8H/b8-4+. The Hall–Kier alpha value is -0.851. The summed E-state index contributed by atoms with van der Waals surface area (Å²) in [6, 6.07) is 10.1. The van der Waals surface area contributed by atoms with Crippen molar-refractivity contribution in [3.8, 4) is 0 Å². The minimum absolute atomic E-state index is 0.308. The normalized spacial score (nSPS) is 10.2. The molecule has 1 aromatic carbocycles. The van der Waals surface area contributed by atoms with Crippen molar-refractivity contribution in [3.63, 3.8) is 0 Å². The Bertz CT molecular complexity index is 241. The number of aldehydes is 1. The van der Waals surface area contributed by atoms with Crippen molar-refractivity contribution in [3.05, 3.63) is 41.4 Å². The summed E-state index contributed by atoms with van der Waals surface area (Å²) in [6.45, 7) is 0. The van der Waals surface area contributed by atoms with Gasteiger partial charge in [-0.3, -0.25) is 0 Å². The number of carbonyl (C=O) groups is 1. The first-order valence-electron chi connectivity index (χ1n) is 3.25. The molecule has 0 saturated carbocycles. The third-order valence-electron chi connectivity index (χ3n) is 1.10. The molecule has 0 amide bonds. The van der Waals surface area contributed by atoms with Crippen LogP contribution in [-0.2, 0) is 4.79 Å². The average Bonchev–Trinajstić information content (AvgIpc) is 2.07. The van der Waals surface area contributed by atoms with E-state index >= 15 is 0 Å². The Kier molecular flexibility index (Phi) is 3.67. The fourth-order valence-electron chi connectivity index (χ4n) is 0.649. The molecule has 0 aliphatic carbocycles. The van der Waals surface area contributed by atoms with Crippen molar-refractivity contribution < 1.29 is 4.79 Å². The van der Waals surface area contributed by atoms with E-state index in [2.05, 4.69) is 12.1 Å². The fraction of sp³-hybridized carbons (Fsp3) is 0. The molecule has 0 unspecified atom stereocenters. The van der Waals surface area contributed by atoms with Gasteiger partial charge in [-0.25, -0.2) is 0 Å². The maximum absolute atomic E-state index is 9.92. The summed E-state index contributed by atoms with van der Waals surface area (Å²) in [5.41, 5.74) is 0. The van der Waals surface area contributed by atoms with Gasteiger partial charge in [-0.1, -0.05) is 0 Å². The predicted octanol–water partition coefficient (Wildman–Crippen LogP) is 0.729. The third-order valence-corrected chi connectivity index (χ3v) is 2.86. The second-order valence-electron chi connectivity index (χ2n) is 1.90. The minimum atomic E-state index is 0.308. The molecule has 0 saturated heterocycles. The molecule has 0 atom stereocenters. The van der Waals surface area contributed by atoms with E-state index in [1.807, 2.05) is 23.2 Å². The third kappa shape index (κ3) is 3.17. The maximum atomic E-state index is 9.92. The quantitative estimate of drug-likeness (QED) is 0.409. The first-order valence-corrected chi connectivity index (χ1v) is 5.10. The van der Waals surface area contributed by atoms with Gasteiger partial charge in [-0.2, -0.15) is 0 Å². The van der Waals surface area contributed by atoms with Gasteiger partial charge in [0.25, 0.3) is 0 Å².